The van der Waals surface area contributed by atoms with Gasteiger partial charge < -0.3 is 14.2 Å². The number of esters is 2. The van der Waals surface area contributed by atoms with Gasteiger partial charge in [-0.3, -0.25) is 0 Å². The van der Waals surface area contributed by atoms with E-state index in [-0.39, 0.29) is 12.0 Å². The van der Waals surface area contributed by atoms with Crippen LogP contribution < -0.4 is 0 Å². The van der Waals surface area contributed by atoms with E-state index in [0.717, 1.165) is 3.20 Å². The van der Waals surface area contributed by atoms with Crippen molar-refractivity contribution in [3.8, 4) is 0 Å². The van der Waals surface area contributed by atoms with Crippen LogP contribution in [0, 0.1) is 0 Å². The Morgan fingerprint density at radius 1 is 1.36 bits per heavy atom. The van der Waals surface area contributed by atoms with Gasteiger partial charge in [0.1, 0.15) is 5.76 Å². The average molecular weight is 439 g/mol. The first-order valence-corrected chi connectivity index (χ1v) is 11.6. The second-order valence-electron chi connectivity index (χ2n) is 6.22. The molecule has 0 amide bonds. The first-order chi connectivity index (χ1) is 10.1. The van der Waals surface area contributed by atoms with Gasteiger partial charge in [0.15, 0.2) is 6.04 Å². The maximum absolute atomic E-state index is 12.0. The molecule has 124 valence electrons. The topological polar surface area (TPSA) is 74.2 Å². The quantitative estimate of drug-likeness (QED) is 0.383. The highest BCUT2D eigenvalue weighted by atomic mass is 127. The molecule has 1 heterocycles. The predicted octanol–water partition coefficient (Wildman–Crippen LogP) is 2.82. The van der Waals surface area contributed by atoms with Gasteiger partial charge in [-0.1, -0.05) is 42.2 Å². The Balaban J connectivity index is 3.18. The number of carbonyl (C=O) groups is 2. The summed E-state index contributed by atoms with van der Waals surface area (Å²) in [6.45, 7) is 9.96. The fourth-order valence-electron chi connectivity index (χ4n) is 1.73. The molecule has 0 saturated carbocycles. The van der Waals surface area contributed by atoms with Crippen LogP contribution in [0.15, 0.2) is 14.0 Å². The zero-order valence-electron chi connectivity index (χ0n) is 13.7. The molecule has 0 aromatic carbocycles. The molecule has 22 heavy (non-hydrogen) atoms. The molecule has 0 fully saturated rings. The molecule has 1 aliphatic heterocycles. The van der Waals surface area contributed by atoms with E-state index in [4.69, 9.17) is 14.2 Å². The third-order valence-electron chi connectivity index (χ3n) is 2.77. The van der Waals surface area contributed by atoms with Crippen molar-refractivity contribution in [3.63, 3.8) is 0 Å². The zero-order chi connectivity index (χ0) is 17.1. The molecule has 6 nitrogen and oxygen atoms in total. The van der Waals surface area contributed by atoms with Gasteiger partial charge in [-0.25, -0.2) is 14.6 Å². The number of halogens is 1. The van der Waals surface area contributed by atoms with E-state index in [9.17, 15) is 9.59 Å². The van der Waals surface area contributed by atoms with E-state index >= 15 is 0 Å². The van der Waals surface area contributed by atoms with Crippen LogP contribution in [0.5, 0.6) is 0 Å². The molecular weight excluding hydrogens is 417 g/mol. The lowest BCUT2D eigenvalue weighted by atomic mass is 10.2. The smallest absolute Gasteiger partial charge is 0.394 e. The van der Waals surface area contributed by atoms with Gasteiger partial charge >= 0.3 is 17.8 Å². The van der Waals surface area contributed by atoms with E-state index in [1.54, 1.807) is 13.8 Å². The Kier molecular flexibility index (Phi) is 6.60. The maximum Gasteiger partial charge on any atom is 0.394 e. The summed E-state index contributed by atoms with van der Waals surface area (Å²) in [4.78, 5) is 27.9. The van der Waals surface area contributed by atoms with Gasteiger partial charge in [0.2, 0.25) is 0 Å². The molecule has 0 spiro atoms. The minimum atomic E-state index is -1.64. The summed E-state index contributed by atoms with van der Waals surface area (Å²) in [6.07, 6.45) is 0.00835. The summed E-state index contributed by atoms with van der Waals surface area (Å²) in [5.41, 5.74) is 0. The van der Waals surface area contributed by atoms with Crippen LogP contribution in [0.1, 0.15) is 20.3 Å². The Morgan fingerprint density at radius 3 is 2.41 bits per heavy atom. The molecule has 1 rings (SSSR count). The number of carbonyl (C=O) groups excluding carboxylic acids is 2. The van der Waals surface area contributed by atoms with E-state index in [1.165, 1.54) is 7.11 Å². The number of hydrogen-bond donors (Lipinski definition) is 0. The minimum absolute atomic E-state index is 0.183. The van der Waals surface area contributed by atoms with Crippen LogP contribution in [0.4, 0.5) is 0 Å². The molecule has 0 aliphatic carbocycles. The predicted molar refractivity (Wildman–Crippen MR) is 94.6 cm³/mol. The number of hydrogen-bond acceptors (Lipinski definition) is 6. The number of rotatable bonds is 4. The molecule has 0 unspecified atom stereocenters. The number of methoxy groups -OCH3 is 1. The van der Waals surface area contributed by atoms with Crippen molar-refractivity contribution in [1.82, 2.24) is 0 Å². The average Bonchev–Trinajstić information content (AvgIpc) is 2.43. The summed E-state index contributed by atoms with van der Waals surface area (Å²) in [5.74, 6) is -0.727. The monoisotopic (exact) mass is 439 g/mol. The van der Waals surface area contributed by atoms with Crippen molar-refractivity contribution >= 4 is 48.5 Å². The summed E-state index contributed by atoms with van der Waals surface area (Å²) >= 11 is 2.23. The number of nitrogens with zero attached hydrogens (tertiary/aromatic N) is 1. The molecule has 1 atom stereocenters. The van der Waals surface area contributed by atoms with E-state index in [2.05, 4.69) is 47.2 Å². The van der Waals surface area contributed by atoms with Gasteiger partial charge in [-0.15, -0.1) is 0 Å². The van der Waals surface area contributed by atoms with Crippen LogP contribution in [0.3, 0.4) is 0 Å². The molecule has 8 heteroatoms. The summed E-state index contributed by atoms with van der Waals surface area (Å²) in [6, 6.07) is -0.774. The first kappa shape index (κ1) is 19.1. The van der Waals surface area contributed by atoms with E-state index in [0.29, 0.717) is 12.2 Å². The minimum Gasteiger partial charge on any atom is -0.467 e. The van der Waals surface area contributed by atoms with Crippen molar-refractivity contribution in [2.75, 3.05) is 7.11 Å². The standard InChI is InChI=1S/C14H22INO5Si/c1-8(2)20-14(18)12-16-9(13(17)19-3)7-10(21-12)11(15)22(4,5)6/h8-9H,7H2,1-6H3/b11-10-/t9-/m0/s1. The van der Waals surface area contributed by atoms with Crippen LogP contribution in [-0.2, 0) is 23.8 Å². The fraction of sp³-hybridized carbons (Fsp3) is 0.643. The van der Waals surface area contributed by atoms with Crippen molar-refractivity contribution in [2.24, 2.45) is 4.99 Å². The summed E-state index contributed by atoms with van der Waals surface area (Å²) < 4.78 is 16.5. The van der Waals surface area contributed by atoms with Crippen molar-refractivity contribution in [2.45, 2.75) is 52.1 Å². The third kappa shape index (κ3) is 5.08. The van der Waals surface area contributed by atoms with Crippen LogP contribution in [0.2, 0.25) is 19.6 Å². The summed E-state index contributed by atoms with van der Waals surface area (Å²) in [7, 11) is -0.339. The second-order valence-corrected chi connectivity index (χ2v) is 13.3. The highest BCUT2D eigenvalue weighted by Gasteiger charge is 2.34. The lowest BCUT2D eigenvalue weighted by molar-refractivity contribution is -0.142. The number of ether oxygens (including phenoxy) is 3. The Hall–Kier alpha value is -0.903. The van der Waals surface area contributed by atoms with Gasteiger partial charge in [-0.2, -0.15) is 0 Å². The zero-order valence-corrected chi connectivity index (χ0v) is 16.9. The summed E-state index contributed by atoms with van der Waals surface area (Å²) in [5, 5.41) is 0. The fourth-order valence-corrected chi connectivity index (χ4v) is 3.05. The van der Waals surface area contributed by atoms with E-state index in [1.807, 2.05) is 0 Å². The van der Waals surface area contributed by atoms with Gasteiger partial charge in [0.05, 0.1) is 21.3 Å². The SMILES string of the molecule is COC(=O)[C@@H]1C/C(=C(\I)[Si](C)(C)C)OC(C(=O)OC(C)C)=N1. The molecule has 0 aromatic rings. The highest BCUT2D eigenvalue weighted by molar-refractivity contribution is 14.1. The molecule has 0 radical (unpaired) electrons. The van der Waals surface area contributed by atoms with E-state index < -0.39 is 26.1 Å². The van der Waals surface area contributed by atoms with Crippen LogP contribution >= 0.6 is 22.6 Å². The normalized spacial score (nSPS) is 20.9. The van der Waals surface area contributed by atoms with Gasteiger partial charge in [0, 0.05) is 9.62 Å². The Morgan fingerprint density at radius 2 is 1.95 bits per heavy atom. The van der Waals surface area contributed by atoms with Gasteiger partial charge in [0.25, 0.3) is 0 Å². The molecular formula is C14H22INO5Si. The maximum atomic E-state index is 12.0. The molecule has 0 aromatic heterocycles. The first-order valence-electron chi connectivity index (χ1n) is 6.99. The lowest BCUT2D eigenvalue weighted by Crippen LogP contribution is -2.35. The molecule has 0 N–H and O–H groups in total. The van der Waals surface area contributed by atoms with Crippen molar-refractivity contribution < 1.29 is 23.8 Å². The highest BCUT2D eigenvalue weighted by Crippen LogP contribution is 2.31. The molecule has 0 bridgehead atoms. The van der Waals surface area contributed by atoms with Crippen LogP contribution in [0.25, 0.3) is 0 Å². The second kappa shape index (κ2) is 7.58. The Bertz CT molecular complexity index is 522. The largest absolute Gasteiger partial charge is 0.467 e. The van der Waals surface area contributed by atoms with Gasteiger partial charge in [-0.05, 0) is 13.8 Å². The van der Waals surface area contributed by atoms with Crippen LogP contribution in [-0.4, -0.2) is 45.2 Å². The van der Waals surface area contributed by atoms with Crippen molar-refractivity contribution in [1.29, 1.82) is 0 Å². The van der Waals surface area contributed by atoms with Crippen molar-refractivity contribution in [3.05, 3.63) is 8.96 Å². The number of aliphatic imine (C=N–C) groups is 1. The molecule has 0 saturated heterocycles. The molecule has 1 aliphatic rings. The third-order valence-corrected chi connectivity index (χ3v) is 9.82. The lowest BCUT2D eigenvalue weighted by Gasteiger charge is -2.26. The Labute approximate surface area is 145 Å².